The lowest BCUT2D eigenvalue weighted by Crippen LogP contribution is -2.13. The number of amides is 1. The molecule has 19 heavy (non-hydrogen) atoms. The largest absolute Gasteiger partial charge is 0.398 e. The highest BCUT2D eigenvalue weighted by molar-refractivity contribution is 9.10. The molecule has 0 saturated carbocycles. The Balaban J connectivity index is 2.28. The van der Waals surface area contributed by atoms with Gasteiger partial charge in [0, 0.05) is 11.4 Å². The number of anilines is 2. The molecule has 0 radical (unpaired) electrons. The van der Waals surface area contributed by atoms with E-state index in [1.54, 1.807) is 18.2 Å². The van der Waals surface area contributed by atoms with Gasteiger partial charge in [0.2, 0.25) is 0 Å². The molecule has 0 aliphatic carbocycles. The summed E-state index contributed by atoms with van der Waals surface area (Å²) in [6.07, 6.45) is 0. The van der Waals surface area contributed by atoms with Crippen molar-refractivity contribution in [3.8, 4) is 0 Å². The quantitative estimate of drug-likeness (QED) is 0.825. The zero-order chi connectivity index (χ0) is 14.0. The molecule has 98 valence electrons. The lowest BCUT2D eigenvalue weighted by atomic mass is 10.1. The van der Waals surface area contributed by atoms with E-state index in [-0.39, 0.29) is 5.91 Å². The number of aryl methyl sites for hydroxylation is 2. The van der Waals surface area contributed by atoms with Gasteiger partial charge in [0.05, 0.1) is 10.0 Å². The number of nitrogen functional groups attached to an aromatic ring is 1. The van der Waals surface area contributed by atoms with Crippen LogP contribution in [-0.2, 0) is 0 Å². The molecule has 0 aromatic heterocycles. The topological polar surface area (TPSA) is 55.1 Å². The summed E-state index contributed by atoms with van der Waals surface area (Å²) in [5.41, 5.74) is 9.86. The number of benzene rings is 2. The summed E-state index contributed by atoms with van der Waals surface area (Å²) >= 11 is 3.34. The summed E-state index contributed by atoms with van der Waals surface area (Å²) in [4.78, 5) is 12.2. The van der Waals surface area contributed by atoms with Crippen LogP contribution >= 0.6 is 15.9 Å². The molecule has 1 amide bonds. The Morgan fingerprint density at radius 3 is 2.42 bits per heavy atom. The van der Waals surface area contributed by atoms with E-state index >= 15 is 0 Å². The van der Waals surface area contributed by atoms with Crippen molar-refractivity contribution < 1.29 is 4.79 Å². The van der Waals surface area contributed by atoms with Crippen LogP contribution in [0.2, 0.25) is 0 Å². The summed E-state index contributed by atoms with van der Waals surface area (Å²) in [7, 11) is 0. The van der Waals surface area contributed by atoms with E-state index in [4.69, 9.17) is 5.73 Å². The molecular weight excluding hydrogens is 304 g/mol. The highest BCUT2D eigenvalue weighted by Gasteiger charge is 2.12. The molecule has 2 aromatic rings. The van der Waals surface area contributed by atoms with E-state index in [2.05, 4.69) is 27.3 Å². The number of rotatable bonds is 2. The summed E-state index contributed by atoms with van der Waals surface area (Å²) in [6, 6.07) is 11.2. The van der Waals surface area contributed by atoms with Crippen LogP contribution in [-0.4, -0.2) is 5.91 Å². The van der Waals surface area contributed by atoms with Crippen LogP contribution in [0.15, 0.2) is 40.9 Å². The number of carbonyl (C=O) groups is 1. The Labute approximate surface area is 121 Å². The second-order valence-electron chi connectivity index (χ2n) is 4.54. The van der Waals surface area contributed by atoms with Gasteiger partial charge >= 0.3 is 0 Å². The van der Waals surface area contributed by atoms with Crippen molar-refractivity contribution in [1.29, 1.82) is 0 Å². The molecule has 0 unspecified atom stereocenters. The molecule has 0 bridgehead atoms. The normalized spacial score (nSPS) is 10.3. The molecule has 4 heteroatoms. The van der Waals surface area contributed by atoms with Gasteiger partial charge in [-0.15, -0.1) is 0 Å². The van der Waals surface area contributed by atoms with Gasteiger partial charge in [-0.3, -0.25) is 4.79 Å². The summed E-state index contributed by atoms with van der Waals surface area (Å²) in [6.45, 7) is 4.00. The van der Waals surface area contributed by atoms with Gasteiger partial charge in [-0.2, -0.15) is 0 Å². The highest BCUT2D eigenvalue weighted by atomic mass is 79.9. The summed E-state index contributed by atoms with van der Waals surface area (Å²) < 4.78 is 0.622. The molecule has 0 fully saturated rings. The molecule has 0 saturated heterocycles. The average Bonchev–Trinajstić information content (AvgIpc) is 2.31. The van der Waals surface area contributed by atoms with Crippen LogP contribution < -0.4 is 11.1 Å². The molecule has 0 aliphatic rings. The summed E-state index contributed by atoms with van der Waals surface area (Å²) in [5.74, 6) is -0.177. The number of nitrogens with two attached hydrogens (primary N) is 1. The predicted molar refractivity (Wildman–Crippen MR) is 82.4 cm³/mol. The van der Waals surface area contributed by atoms with Crippen molar-refractivity contribution in [3.05, 3.63) is 57.6 Å². The minimum Gasteiger partial charge on any atom is -0.398 e. The van der Waals surface area contributed by atoms with Gasteiger partial charge in [-0.1, -0.05) is 12.1 Å². The van der Waals surface area contributed by atoms with E-state index in [9.17, 15) is 4.79 Å². The van der Waals surface area contributed by atoms with Gasteiger partial charge < -0.3 is 11.1 Å². The molecule has 0 aliphatic heterocycles. The molecular formula is C15H15BrN2O. The first-order valence-corrected chi connectivity index (χ1v) is 6.70. The van der Waals surface area contributed by atoms with Crippen LogP contribution in [0.5, 0.6) is 0 Å². The predicted octanol–water partition coefficient (Wildman–Crippen LogP) is 3.90. The maximum absolute atomic E-state index is 12.2. The van der Waals surface area contributed by atoms with Crippen molar-refractivity contribution in [3.63, 3.8) is 0 Å². The fraction of sp³-hybridized carbons (Fsp3) is 0.133. The second kappa shape index (κ2) is 5.45. The highest BCUT2D eigenvalue weighted by Crippen LogP contribution is 2.25. The lowest BCUT2D eigenvalue weighted by Gasteiger charge is -2.09. The van der Waals surface area contributed by atoms with E-state index in [0.29, 0.717) is 15.7 Å². The maximum Gasteiger partial charge on any atom is 0.256 e. The zero-order valence-corrected chi connectivity index (χ0v) is 12.4. The summed E-state index contributed by atoms with van der Waals surface area (Å²) in [5, 5.41) is 2.88. The Bertz CT molecular complexity index is 618. The van der Waals surface area contributed by atoms with Gasteiger partial charge in [-0.25, -0.2) is 0 Å². The first-order valence-electron chi connectivity index (χ1n) is 5.91. The third-order valence-electron chi connectivity index (χ3n) is 2.75. The third kappa shape index (κ3) is 3.15. The Morgan fingerprint density at radius 2 is 1.79 bits per heavy atom. The minimum atomic E-state index is -0.177. The van der Waals surface area contributed by atoms with Crippen LogP contribution in [0.25, 0.3) is 0 Å². The molecule has 2 aromatic carbocycles. The van der Waals surface area contributed by atoms with E-state index in [0.717, 1.165) is 16.8 Å². The van der Waals surface area contributed by atoms with Crippen LogP contribution in [0.1, 0.15) is 21.5 Å². The van der Waals surface area contributed by atoms with Crippen LogP contribution in [0.3, 0.4) is 0 Å². The van der Waals surface area contributed by atoms with E-state index in [1.807, 2.05) is 26.0 Å². The minimum absolute atomic E-state index is 0.177. The Hall–Kier alpha value is -1.81. The van der Waals surface area contributed by atoms with Crippen molar-refractivity contribution in [2.24, 2.45) is 0 Å². The molecule has 0 heterocycles. The van der Waals surface area contributed by atoms with Gasteiger partial charge in [0.1, 0.15) is 0 Å². The van der Waals surface area contributed by atoms with Crippen LogP contribution in [0.4, 0.5) is 11.4 Å². The number of carbonyl (C=O) groups excluding carboxylic acids is 1. The van der Waals surface area contributed by atoms with Crippen molar-refractivity contribution in [2.75, 3.05) is 11.1 Å². The number of halogens is 1. The fourth-order valence-corrected chi connectivity index (χ4v) is 2.41. The Morgan fingerprint density at radius 1 is 1.16 bits per heavy atom. The van der Waals surface area contributed by atoms with E-state index in [1.165, 1.54) is 0 Å². The SMILES string of the molecule is Cc1cc(C)cc(NC(=O)c2cccc(N)c2Br)c1. The van der Waals surface area contributed by atoms with E-state index < -0.39 is 0 Å². The van der Waals surface area contributed by atoms with Gasteiger partial charge in [0.25, 0.3) is 5.91 Å². The number of hydrogen-bond donors (Lipinski definition) is 2. The smallest absolute Gasteiger partial charge is 0.256 e. The standard InChI is InChI=1S/C15H15BrN2O/c1-9-6-10(2)8-11(7-9)18-15(19)12-4-3-5-13(17)14(12)16/h3-8H,17H2,1-2H3,(H,18,19). The third-order valence-corrected chi connectivity index (χ3v) is 3.64. The van der Waals surface area contributed by atoms with Crippen molar-refractivity contribution >= 4 is 33.2 Å². The maximum atomic E-state index is 12.2. The number of nitrogens with one attached hydrogen (secondary N) is 1. The molecule has 0 atom stereocenters. The number of hydrogen-bond acceptors (Lipinski definition) is 2. The molecule has 3 nitrogen and oxygen atoms in total. The first kappa shape index (κ1) is 13.6. The monoisotopic (exact) mass is 318 g/mol. The van der Waals surface area contributed by atoms with Gasteiger partial charge in [0.15, 0.2) is 0 Å². The van der Waals surface area contributed by atoms with Crippen molar-refractivity contribution in [2.45, 2.75) is 13.8 Å². The fourth-order valence-electron chi connectivity index (χ4n) is 1.97. The van der Waals surface area contributed by atoms with Crippen molar-refractivity contribution in [1.82, 2.24) is 0 Å². The molecule has 0 spiro atoms. The van der Waals surface area contributed by atoms with Crippen LogP contribution in [0, 0.1) is 13.8 Å². The van der Waals surface area contributed by atoms with Gasteiger partial charge in [-0.05, 0) is 65.2 Å². The first-order chi connectivity index (χ1) is 8.97. The molecule has 2 rings (SSSR count). The lowest BCUT2D eigenvalue weighted by molar-refractivity contribution is 0.102. The second-order valence-corrected chi connectivity index (χ2v) is 5.33. The average molecular weight is 319 g/mol. The molecule has 3 N–H and O–H groups in total. The Kier molecular flexibility index (Phi) is 3.90. The zero-order valence-electron chi connectivity index (χ0n) is 10.8.